The Hall–Kier alpha value is -2.73. The van der Waals surface area contributed by atoms with Gasteiger partial charge < -0.3 is 5.32 Å². The van der Waals surface area contributed by atoms with Crippen molar-refractivity contribution in [3.8, 4) is 0 Å². The van der Waals surface area contributed by atoms with E-state index in [0.29, 0.717) is 12.1 Å². The molecule has 13 heteroatoms. The van der Waals surface area contributed by atoms with Gasteiger partial charge in [0.25, 0.3) is 11.5 Å². The molecule has 0 spiro atoms. The average molecular weight is 457 g/mol. The van der Waals surface area contributed by atoms with Crippen LogP contribution in [0.5, 0.6) is 0 Å². The first-order valence-electron chi connectivity index (χ1n) is 7.45. The van der Waals surface area contributed by atoms with E-state index in [-0.39, 0.29) is 0 Å². The van der Waals surface area contributed by atoms with Crippen LogP contribution < -0.4 is 10.6 Å². The van der Waals surface area contributed by atoms with Gasteiger partial charge in [-0.15, -0.1) is 0 Å². The van der Waals surface area contributed by atoms with Gasteiger partial charge in [0.15, 0.2) is 0 Å². The van der Waals surface area contributed by atoms with Crippen LogP contribution in [0.3, 0.4) is 0 Å². The second kappa shape index (κ2) is 8.33. The molecule has 0 radical (unpaired) electrons. The maximum atomic E-state index is 13.5. The van der Waals surface area contributed by atoms with E-state index in [1.807, 2.05) is 5.32 Å². The van der Waals surface area contributed by atoms with Gasteiger partial charge in [0.2, 0.25) is 9.84 Å². The first-order valence-corrected chi connectivity index (χ1v) is 9.37. The van der Waals surface area contributed by atoms with E-state index in [2.05, 4.69) is 11.6 Å². The quantitative estimate of drug-likeness (QED) is 0.528. The van der Waals surface area contributed by atoms with E-state index in [9.17, 15) is 40.0 Å². The fraction of sp³-hybridized carbons (Fsp3) is 0.125. The summed E-state index contributed by atoms with van der Waals surface area (Å²) in [6, 6.07) is 4.45. The summed E-state index contributed by atoms with van der Waals surface area (Å²) in [6.07, 6.45) is 0. The molecule has 2 aromatic carbocycles. The molecule has 2 aromatic rings. The van der Waals surface area contributed by atoms with Crippen molar-refractivity contribution >= 4 is 39.1 Å². The minimum Gasteiger partial charge on any atom is -0.308 e. The molecule has 2 N–H and O–H groups in total. The summed E-state index contributed by atoms with van der Waals surface area (Å²) in [6.45, 7) is 0. The number of hydrogen-bond acceptors (Lipinski definition) is 4. The number of nitrogens with one attached hydrogen (secondary N) is 2. The van der Waals surface area contributed by atoms with Crippen LogP contribution in [0.15, 0.2) is 47.4 Å². The summed E-state index contributed by atoms with van der Waals surface area (Å²) in [7, 11) is -5.55. The number of carbonyl (C=O) groups is 2. The van der Waals surface area contributed by atoms with Gasteiger partial charge >= 0.3 is 11.3 Å². The van der Waals surface area contributed by atoms with Crippen molar-refractivity contribution < 1.29 is 40.0 Å². The van der Waals surface area contributed by atoms with Crippen LogP contribution in [0.1, 0.15) is 10.4 Å². The summed E-state index contributed by atoms with van der Waals surface area (Å²) in [4.78, 5) is 22.6. The topological polar surface area (TPSA) is 92.3 Å². The third-order valence-electron chi connectivity index (χ3n) is 3.43. The molecule has 156 valence electrons. The molecule has 2 rings (SSSR count). The van der Waals surface area contributed by atoms with Gasteiger partial charge in [0.1, 0.15) is 17.2 Å². The summed E-state index contributed by atoms with van der Waals surface area (Å²) >= 11 is 4.59. The fourth-order valence-electron chi connectivity index (χ4n) is 2.06. The predicted molar refractivity (Wildman–Crippen MR) is 92.2 cm³/mol. The number of halogens is 6. The van der Waals surface area contributed by atoms with Gasteiger partial charge in [-0.1, -0.05) is 23.7 Å². The van der Waals surface area contributed by atoms with E-state index in [1.165, 1.54) is 0 Å². The SMILES string of the molecule is O=C(NC(=O)c1c(F)cccc1F)Nc1cccc(S(=O)(=O)C(F)(F)C(F)Cl)c1. The van der Waals surface area contributed by atoms with Gasteiger partial charge in [0.05, 0.1) is 4.90 Å². The highest BCUT2D eigenvalue weighted by atomic mass is 35.5. The molecule has 0 saturated heterocycles. The predicted octanol–water partition coefficient (Wildman–Crippen LogP) is 3.83. The number of imide groups is 1. The van der Waals surface area contributed by atoms with Crippen molar-refractivity contribution in [1.82, 2.24) is 5.32 Å². The molecular weight excluding hydrogens is 447 g/mol. The third kappa shape index (κ3) is 4.65. The first-order chi connectivity index (χ1) is 13.4. The van der Waals surface area contributed by atoms with Crippen molar-refractivity contribution in [2.45, 2.75) is 15.8 Å². The Morgan fingerprint density at radius 1 is 1.03 bits per heavy atom. The van der Waals surface area contributed by atoms with Crippen molar-refractivity contribution in [3.63, 3.8) is 0 Å². The largest absolute Gasteiger partial charge is 0.393 e. The number of sulfone groups is 1. The van der Waals surface area contributed by atoms with Gasteiger partial charge in [-0.25, -0.2) is 26.4 Å². The van der Waals surface area contributed by atoms with Crippen molar-refractivity contribution in [3.05, 3.63) is 59.7 Å². The lowest BCUT2D eigenvalue weighted by atomic mass is 10.2. The smallest absolute Gasteiger partial charge is 0.308 e. The van der Waals surface area contributed by atoms with Crippen LogP contribution in [0.4, 0.5) is 32.4 Å². The highest BCUT2D eigenvalue weighted by Crippen LogP contribution is 2.36. The van der Waals surface area contributed by atoms with Gasteiger partial charge in [-0.2, -0.15) is 8.78 Å². The molecule has 1 unspecified atom stereocenters. The van der Waals surface area contributed by atoms with Crippen LogP contribution in [0.2, 0.25) is 0 Å². The minimum atomic E-state index is -5.55. The Bertz CT molecular complexity index is 1040. The molecule has 3 amide bonds. The number of anilines is 1. The van der Waals surface area contributed by atoms with Gasteiger partial charge in [0, 0.05) is 5.69 Å². The lowest BCUT2D eigenvalue weighted by Crippen LogP contribution is -2.36. The molecule has 0 heterocycles. The molecule has 0 bridgehead atoms. The van der Waals surface area contributed by atoms with E-state index in [1.54, 1.807) is 5.32 Å². The Morgan fingerprint density at radius 3 is 2.14 bits per heavy atom. The Morgan fingerprint density at radius 2 is 1.59 bits per heavy atom. The minimum absolute atomic E-state index is 0.397. The van der Waals surface area contributed by atoms with Gasteiger partial charge in [-0.3, -0.25) is 10.1 Å². The molecular formula is C16H10ClF5N2O4S. The number of urea groups is 1. The maximum Gasteiger partial charge on any atom is 0.393 e. The zero-order valence-corrected chi connectivity index (χ0v) is 15.5. The number of carbonyl (C=O) groups excluding carboxylic acids is 2. The second-order valence-electron chi connectivity index (χ2n) is 5.40. The molecule has 0 aromatic heterocycles. The maximum absolute atomic E-state index is 13.5. The normalized spacial score (nSPS) is 12.9. The number of benzene rings is 2. The van der Waals surface area contributed by atoms with E-state index in [0.717, 1.165) is 30.3 Å². The first kappa shape index (κ1) is 22.6. The van der Waals surface area contributed by atoms with Crippen molar-refractivity contribution in [2.75, 3.05) is 5.32 Å². The summed E-state index contributed by atoms with van der Waals surface area (Å²) in [5.41, 5.74) is -4.97. The second-order valence-corrected chi connectivity index (χ2v) is 7.80. The number of alkyl halides is 4. The molecule has 1 atom stereocenters. The Balaban J connectivity index is 2.21. The molecule has 0 saturated carbocycles. The van der Waals surface area contributed by atoms with Crippen molar-refractivity contribution in [1.29, 1.82) is 0 Å². The monoisotopic (exact) mass is 456 g/mol. The number of hydrogen-bond donors (Lipinski definition) is 2. The zero-order valence-electron chi connectivity index (χ0n) is 13.9. The molecule has 0 aliphatic carbocycles. The zero-order chi connectivity index (χ0) is 22.0. The van der Waals surface area contributed by atoms with Crippen molar-refractivity contribution in [2.24, 2.45) is 0 Å². The lowest BCUT2D eigenvalue weighted by molar-refractivity contribution is 0.0423. The molecule has 0 fully saturated rings. The van der Waals surface area contributed by atoms with Crippen LogP contribution in [0, 0.1) is 11.6 Å². The summed E-state index contributed by atoms with van der Waals surface area (Å²) in [5.74, 6) is -3.93. The third-order valence-corrected chi connectivity index (χ3v) is 5.63. The van der Waals surface area contributed by atoms with Crippen LogP contribution in [0.25, 0.3) is 0 Å². The van der Waals surface area contributed by atoms with E-state index in [4.69, 9.17) is 0 Å². The molecule has 0 aliphatic rings. The lowest BCUT2D eigenvalue weighted by Gasteiger charge is -2.17. The van der Waals surface area contributed by atoms with E-state index < -0.39 is 60.4 Å². The highest BCUT2D eigenvalue weighted by molar-refractivity contribution is 7.92. The van der Waals surface area contributed by atoms with Crippen LogP contribution >= 0.6 is 11.6 Å². The van der Waals surface area contributed by atoms with Crippen LogP contribution in [-0.4, -0.2) is 31.2 Å². The summed E-state index contributed by atoms with van der Waals surface area (Å²) < 4.78 is 90.6. The van der Waals surface area contributed by atoms with Gasteiger partial charge in [-0.05, 0) is 30.3 Å². The Labute approximate surface area is 165 Å². The molecule has 29 heavy (non-hydrogen) atoms. The molecule has 6 nitrogen and oxygen atoms in total. The fourth-order valence-corrected chi connectivity index (χ4v) is 3.50. The van der Waals surface area contributed by atoms with E-state index >= 15 is 0 Å². The van der Waals surface area contributed by atoms with Crippen LogP contribution in [-0.2, 0) is 9.84 Å². The number of amides is 3. The summed E-state index contributed by atoms with van der Waals surface area (Å²) in [5, 5.41) is -1.44. The number of rotatable bonds is 5. The highest BCUT2D eigenvalue weighted by Gasteiger charge is 2.53. The molecule has 0 aliphatic heterocycles. The standard InChI is InChI=1S/C16H10ClF5N2O4S/c17-14(20)16(21,22)29(27,28)9-4-1-3-8(7-9)23-15(26)24-13(25)12-10(18)5-2-6-11(12)19/h1-7,14H,(H2,23,24,25,26). The average Bonchev–Trinajstić information content (AvgIpc) is 2.61. The Kier molecular flexibility index (Phi) is 6.48.